The molecule has 2 fully saturated rings. The highest BCUT2D eigenvalue weighted by Crippen LogP contribution is 2.53. The van der Waals surface area contributed by atoms with Gasteiger partial charge in [0.2, 0.25) is 17.7 Å². The molecule has 4 aliphatic rings. The fourth-order valence-electron chi connectivity index (χ4n) is 7.99. The van der Waals surface area contributed by atoms with Crippen molar-refractivity contribution >= 4 is 23.7 Å². The van der Waals surface area contributed by atoms with Crippen molar-refractivity contribution in [2.75, 3.05) is 19.7 Å². The predicted octanol–water partition coefficient (Wildman–Crippen LogP) is 3.31. The van der Waals surface area contributed by atoms with Crippen LogP contribution in [0.3, 0.4) is 0 Å². The van der Waals surface area contributed by atoms with Crippen LogP contribution in [0, 0.1) is 17.3 Å². The highest BCUT2D eigenvalue weighted by Gasteiger charge is 2.72. The van der Waals surface area contributed by atoms with Crippen LogP contribution in [-0.4, -0.2) is 87.6 Å². The third-order valence-electron chi connectivity index (χ3n) is 9.38. The second-order valence-electron chi connectivity index (χ2n) is 14.6. The Morgan fingerprint density at radius 3 is 2.40 bits per heavy atom. The number of aliphatic hydroxyl groups excluding tert-OH is 1. The molecule has 1 aromatic rings. The van der Waals surface area contributed by atoms with E-state index in [1.54, 1.807) is 30.1 Å². The molecule has 0 aromatic heterocycles. The van der Waals surface area contributed by atoms with Gasteiger partial charge < -0.3 is 29.7 Å². The maximum absolute atomic E-state index is 14.6. The van der Waals surface area contributed by atoms with E-state index in [4.69, 9.17) is 9.47 Å². The van der Waals surface area contributed by atoms with E-state index in [1.807, 2.05) is 50.3 Å². The van der Waals surface area contributed by atoms with Crippen molar-refractivity contribution in [1.29, 1.82) is 0 Å². The summed E-state index contributed by atoms with van der Waals surface area (Å²) in [6, 6.07) is 7.57. The van der Waals surface area contributed by atoms with Crippen LogP contribution in [0.15, 0.2) is 54.6 Å². The number of nitrogens with zero attached hydrogens (tertiary/aromatic N) is 2. The third-order valence-corrected chi connectivity index (χ3v) is 9.38. The number of ether oxygens (including phenoxy) is 2. The van der Waals surface area contributed by atoms with Crippen molar-refractivity contribution in [2.24, 2.45) is 17.3 Å². The molecule has 2 N–H and O–H groups in total. The lowest BCUT2D eigenvalue weighted by Crippen LogP contribution is -2.60. The number of likely N-dealkylation sites (tertiary alicyclic amines) is 1. The molecule has 4 heterocycles. The summed E-state index contributed by atoms with van der Waals surface area (Å²) in [5, 5.41) is 13.0. The summed E-state index contributed by atoms with van der Waals surface area (Å²) < 4.78 is 12.9. The zero-order valence-corrected chi connectivity index (χ0v) is 27.2. The Morgan fingerprint density at radius 1 is 1.02 bits per heavy atom. The first-order chi connectivity index (χ1) is 21.2. The first-order valence-electron chi connectivity index (χ1n) is 16.0. The number of nitrogens with one attached hydrogen (secondary N) is 1. The van der Waals surface area contributed by atoms with Crippen LogP contribution in [0.5, 0.6) is 0 Å². The predicted molar refractivity (Wildman–Crippen MR) is 167 cm³/mol. The second-order valence-corrected chi connectivity index (χ2v) is 14.6. The minimum Gasteiger partial charge on any atom is -0.455 e. The Morgan fingerprint density at radius 2 is 1.73 bits per heavy atom. The number of carbonyl (C=O) groups excluding carboxylic acids is 4. The van der Waals surface area contributed by atoms with Crippen molar-refractivity contribution in [3.05, 3.63) is 60.2 Å². The molecule has 10 heteroatoms. The molecule has 5 rings (SSSR count). The molecule has 0 bridgehead atoms. The number of fused-ring (bicyclic) bond motifs is 2. The lowest BCUT2D eigenvalue weighted by atomic mass is 9.77. The van der Waals surface area contributed by atoms with Gasteiger partial charge in [-0.05, 0) is 44.6 Å². The largest absolute Gasteiger partial charge is 0.455 e. The lowest BCUT2D eigenvalue weighted by molar-refractivity contribution is -0.161. The van der Waals surface area contributed by atoms with E-state index in [2.05, 4.69) is 26.1 Å². The first kappa shape index (κ1) is 32.9. The van der Waals surface area contributed by atoms with Crippen LogP contribution in [0.4, 0.5) is 0 Å². The number of hydrogen-bond donors (Lipinski definition) is 2. The van der Waals surface area contributed by atoms with Crippen LogP contribution in [0.1, 0.15) is 72.5 Å². The van der Waals surface area contributed by atoms with Crippen molar-refractivity contribution < 1.29 is 33.8 Å². The lowest BCUT2D eigenvalue weighted by Gasteiger charge is -2.44. The Hall–Kier alpha value is -3.50. The summed E-state index contributed by atoms with van der Waals surface area (Å²) in [7, 11) is 0. The molecule has 0 unspecified atom stereocenters. The molecule has 1 spiro atoms. The van der Waals surface area contributed by atoms with Gasteiger partial charge in [0.25, 0.3) is 0 Å². The fourth-order valence-corrected chi connectivity index (χ4v) is 7.99. The Labute approximate surface area is 265 Å². The van der Waals surface area contributed by atoms with Gasteiger partial charge in [0.05, 0.1) is 24.7 Å². The number of hydrogen-bond acceptors (Lipinski definition) is 7. The summed E-state index contributed by atoms with van der Waals surface area (Å²) in [4.78, 5) is 59.2. The number of esters is 1. The maximum atomic E-state index is 14.6. The van der Waals surface area contributed by atoms with Gasteiger partial charge in [0.15, 0.2) is 0 Å². The monoisotopic (exact) mass is 621 g/mol. The molecular formula is C35H47N3O7. The molecule has 2 saturated heterocycles. The highest BCUT2D eigenvalue weighted by molar-refractivity contribution is 5.99. The van der Waals surface area contributed by atoms with E-state index in [9.17, 15) is 24.3 Å². The SMILES string of the molecule is C[C@H]1NC(=O)CC/C=C\[C@H]2O[C@]34C=CCN(C(C)(C)CC(C)(C)C)C(=O)[C@H]3N(CCO)C(=O)[C@@H]4[C@H]2C(=O)O[C@@H]1c1ccccc1. The summed E-state index contributed by atoms with van der Waals surface area (Å²) in [6.45, 7) is 12.1. The van der Waals surface area contributed by atoms with Gasteiger partial charge in [-0.25, -0.2) is 0 Å². The van der Waals surface area contributed by atoms with Crippen LogP contribution in [0.2, 0.25) is 0 Å². The van der Waals surface area contributed by atoms with Gasteiger partial charge >= 0.3 is 5.97 Å². The molecule has 3 amide bonds. The Kier molecular flexibility index (Phi) is 9.03. The molecule has 0 radical (unpaired) electrons. The molecule has 45 heavy (non-hydrogen) atoms. The van der Waals surface area contributed by atoms with Gasteiger partial charge in [0, 0.05) is 25.0 Å². The Balaban J connectivity index is 1.59. The number of carbonyl (C=O) groups is 4. The van der Waals surface area contributed by atoms with Crippen molar-refractivity contribution in [3.8, 4) is 0 Å². The van der Waals surface area contributed by atoms with E-state index in [0.717, 1.165) is 0 Å². The van der Waals surface area contributed by atoms with E-state index in [-0.39, 0.29) is 36.8 Å². The number of aliphatic hydroxyl groups is 1. The molecule has 1 aromatic carbocycles. The smallest absolute Gasteiger partial charge is 0.313 e. The number of rotatable bonds is 5. The van der Waals surface area contributed by atoms with E-state index >= 15 is 0 Å². The summed E-state index contributed by atoms with van der Waals surface area (Å²) in [6.07, 6.45) is 6.83. The van der Waals surface area contributed by atoms with Crippen LogP contribution in [0.25, 0.3) is 0 Å². The summed E-state index contributed by atoms with van der Waals surface area (Å²) in [5.41, 5.74) is -1.37. The molecule has 0 saturated carbocycles. The van der Waals surface area contributed by atoms with Gasteiger partial charge in [0.1, 0.15) is 23.7 Å². The fraction of sp³-hybridized carbons (Fsp3) is 0.600. The second kappa shape index (κ2) is 12.4. The van der Waals surface area contributed by atoms with Crippen molar-refractivity contribution in [1.82, 2.24) is 15.1 Å². The zero-order chi connectivity index (χ0) is 32.7. The molecule has 0 aliphatic carbocycles. The van der Waals surface area contributed by atoms with Crippen molar-refractivity contribution in [2.45, 2.75) is 96.2 Å². The maximum Gasteiger partial charge on any atom is 0.313 e. The standard InChI is InChI=1S/C35H47N3O7/c1-22-28(23-13-8-7-9-14-23)44-32(43)26-24(15-10-11-16-25(40)36-22)45-35-17-12-18-38(34(5,6)21-33(2,3)4)31(42)29(35)37(19-20-39)30(41)27(26)35/h7-10,12-15,17,22,24,26-29,39H,11,16,18-21H2,1-6H3,(H,36,40)/b15-10-/t22-,24-,26+,27+,28+,29-,35+/m1/s1. The number of allylic oxidation sites excluding steroid dienone is 1. The number of β-amino-alcohol motifs (C(OH)–C–C–N with tert-alkyl or cyclic N) is 1. The number of benzene rings is 1. The van der Waals surface area contributed by atoms with E-state index in [0.29, 0.717) is 24.9 Å². The molecule has 4 aliphatic heterocycles. The molecule has 10 nitrogen and oxygen atoms in total. The quantitative estimate of drug-likeness (QED) is 0.382. The molecular weight excluding hydrogens is 574 g/mol. The average molecular weight is 622 g/mol. The van der Waals surface area contributed by atoms with Gasteiger partial charge in [-0.3, -0.25) is 19.2 Å². The first-order valence-corrected chi connectivity index (χ1v) is 16.0. The minimum atomic E-state index is -1.45. The van der Waals surface area contributed by atoms with Crippen molar-refractivity contribution in [3.63, 3.8) is 0 Å². The summed E-state index contributed by atoms with van der Waals surface area (Å²) >= 11 is 0. The van der Waals surface area contributed by atoms with E-state index in [1.165, 1.54) is 4.90 Å². The third kappa shape index (κ3) is 6.19. The van der Waals surface area contributed by atoms with E-state index < -0.39 is 59.1 Å². The van der Waals surface area contributed by atoms with Gasteiger partial charge in [-0.1, -0.05) is 75.4 Å². The van der Waals surface area contributed by atoms with Crippen LogP contribution in [-0.2, 0) is 28.7 Å². The zero-order valence-electron chi connectivity index (χ0n) is 27.2. The minimum absolute atomic E-state index is 0.0721. The average Bonchev–Trinajstić information content (AvgIpc) is 3.32. The van der Waals surface area contributed by atoms with Crippen LogP contribution >= 0.6 is 0 Å². The van der Waals surface area contributed by atoms with Crippen LogP contribution < -0.4 is 5.32 Å². The number of amides is 3. The normalized spacial score (nSPS) is 33.3. The van der Waals surface area contributed by atoms with Gasteiger partial charge in [-0.15, -0.1) is 0 Å². The molecule has 7 atom stereocenters. The molecule has 244 valence electrons. The van der Waals surface area contributed by atoms with Gasteiger partial charge in [-0.2, -0.15) is 0 Å². The summed E-state index contributed by atoms with van der Waals surface area (Å²) in [5.74, 6) is -3.63. The number of cyclic esters (lactones) is 1. The topological polar surface area (TPSA) is 125 Å². The highest BCUT2D eigenvalue weighted by atomic mass is 16.6. The Bertz CT molecular complexity index is 1370.